The number of rotatable bonds is 2. The van der Waals surface area contributed by atoms with Crippen LogP contribution in [-0.2, 0) is 12.8 Å². The molecule has 0 spiro atoms. The van der Waals surface area contributed by atoms with Crippen LogP contribution >= 0.6 is 11.3 Å². The monoisotopic (exact) mass is 283 g/mol. The maximum Gasteiger partial charge on any atom is 0.353 e. The highest BCUT2D eigenvalue weighted by Crippen LogP contribution is 2.30. The molecule has 1 aromatic heterocycles. The first-order valence-corrected chi connectivity index (χ1v) is 7.42. The molecule has 1 aliphatic rings. The van der Waals surface area contributed by atoms with Crippen molar-refractivity contribution in [1.82, 2.24) is 0 Å². The summed E-state index contributed by atoms with van der Waals surface area (Å²) in [6.07, 6.45) is 4.52. The molecule has 0 N–H and O–H groups in total. The van der Waals surface area contributed by atoms with Gasteiger partial charge in [-0.05, 0) is 55.5 Å². The van der Waals surface area contributed by atoms with E-state index in [0.29, 0.717) is 16.2 Å². The Kier molecular flexibility index (Phi) is 3.53. The maximum absolute atomic E-state index is 12.1. The van der Waals surface area contributed by atoms with Crippen LogP contribution in [0, 0.1) is 11.3 Å². The van der Waals surface area contributed by atoms with Crippen LogP contribution in [0.5, 0.6) is 5.75 Å². The van der Waals surface area contributed by atoms with E-state index in [-0.39, 0.29) is 5.97 Å². The fraction of sp³-hybridized carbons (Fsp3) is 0.250. The van der Waals surface area contributed by atoms with Gasteiger partial charge in [-0.25, -0.2) is 4.79 Å². The van der Waals surface area contributed by atoms with Gasteiger partial charge in [-0.1, -0.05) is 6.07 Å². The first-order chi connectivity index (χ1) is 9.76. The Balaban J connectivity index is 1.79. The van der Waals surface area contributed by atoms with Crippen molar-refractivity contribution in [1.29, 1.82) is 5.26 Å². The summed E-state index contributed by atoms with van der Waals surface area (Å²) in [4.78, 5) is 14.1. The molecular formula is C16H13NO2S. The molecule has 0 amide bonds. The van der Waals surface area contributed by atoms with E-state index in [1.165, 1.54) is 34.6 Å². The van der Waals surface area contributed by atoms with Gasteiger partial charge in [-0.3, -0.25) is 0 Å². The first-order valence-electron chi connectivity index (χ1n) is 6.60. The molecule has 0 radical (unpaired) electrons. The van der Waals surface area contributed by atoms with Crippen LogP contribution in [-0.4, -0.2) is 5.97 Å². The molecule has 0 bridgehead atoms. The van der Waals surface area contributed by atoms with Crippen molar-refractivity contribution < 1.29 is 9.53 Å². The summed E-state index contributed by atoms with van der Waals surface area (Å²) in [6.45, 7) is 0. The van der Waals surface area contributed by atoms with Gasteiger partial charge >= 0.3 is 5.97 Å². The Morgan fingerprint density at radius 2 is 2.10 bits per heavy atom. The van der Waals surface area contributed by atoms with E-state index >= 15 is 0 Å². The Bertz CT molecular complexity index is 673. The van der Waals surface area contributed by atoms with Gasteiger partial charge in [0.25, 0.3) is 0 Å². The molecule has 0 atom stereocenters. The molecule has 1 heterocycles. The predicted octanol–water partition coefficient (Wildman–Crippen LogP) is 3.72. The highest BCUT2D eigenvalue weighted by Gasteiger charge is 2.18. The van der Waals surface area contributed by atoms with Gasteiger partial charge in [0.1, 0.15) is 10.6 Å². The second-order valence-corrected chi connectivity index (χ2v) is 5.93. The van der Waals surface area contributed by atoms with Crippen molar-refractivity contribution in [2.24, 2.45) is 0 Å². The molecule has 0 saturated carbocycles. The molecule has 1 aromatic carbocycles. The van der Waals surface area contributed by atoms with Gasteiger partial charge in [0.15, 0.2) is 0 Å². The topological polar surface area (TPSA) is 50.1 Å². The molecule has 3 rings (SSSR count). The number of esters is 1. The largest absolute Gasteiger partial charge is 0.422 e. The second-order valence-electron chi connectivity index (χ2n) is 4.80. The first kappa shape index (κ1) is 12.9. The van der Waals surface area contributed by atoms with Crippen molar-refractivity contribution in [3.8, 4) is 11.8 Å². The zero-order chi connectivity index (χ0) is 13.9. The minimum atomic E-state index is -0.334. The average Bonchev–Trinajstić information content (AvgIpc) is 2.91. The number of nitriles is 1. The molecule has 3 nitrogen and oxygen atoms in total. The fourth-order valence-corrected chi connectivity index (χ4v) is 3.51. The number of hydrogen-bond donors (Lipinski definition) is 0. The molecular weight excluding hydrogens is 270 g/mol. The SMILES string of the molecule is N#Cc1cccc(OC(=O)c2cc3c(s2)CCCC3)c1. The van der Waals surface area contributed by atoms with Crippen molar-refractivity contribution in [2.75, 3.05) is 0 Å². The van der Waals surface area contributed by atoms with Crippen LogP contribution in [0.2, 0.25) is 0 Å². The minimum absolute atomic E-state index is 0.334. The minimum Gasteiger partial charge on any atom is -0.422 e. The highest BCUT2D eigenvalue weighted by atomic mass is 32.1. The smallest absolute Gasteiger partial charge is 0.353 e. The summed E-state index contributed by atoms with van der Waals surface area (Å²) in [5.41, 5.74) is 1.78. The number of carbonyl (C=O) groups excluding carboxylic acids is 1. The Morgan fingerprint density at radius 1 is 1.25 bits per heavy atom. The quantitative estimate of drug-likeness (QED) is 0.623. The molecule has 100 valence electrons. The summed E-state index contributed by atoms with van der Waals surface area (Å²) in [5.74, 6) is 0.0833. The van der Waals surface area contributed by atoms with Crippen LogP contribution in [0.25, 0.3) is 0 Å². The third-order valence-corrected chi connectivity index (χ3v) is 4.59. The lowest BCUT2D eigenvalue weighted by Gasteiger charge is -2.08. The Morgan fingerprint density at radius 3 is 2.90 bits per heavy atom. The summed E-state index contributed by atoms with van der Waals surface area (Å²) in [6, 6.07) is 10.6. The zero-order valence-electron chi connectivity index (χ0n) is 10.9. The van der Waals surface area contributed by atoms with Crippen LogP contribution in [0.3, 0.4) is 0 Å². The number of aryl methyl sites for hydroxylation is 2. The van der Waals surface area contributed by atoms with Gasteiger partial charge in [0.2, 0.25) is 0 Å². The van der Waals surface area contributed by atoms with Gasteiger partial charge in [-0.15, -0.1) is 11.3 Å². The zero-order valence-corrected chi connectivity index (χ0v) is 11.7. The van der Waals surface area contributed by atoms with E-state index in [4.69, 9.17) is 10.00 Å². The normalized spacial score (nSPS) is 13.3. The van der Waals surface area contributed by atoms with Crippen molar-refractivity contribution in [2.45, 2.75) is 25.7 Å². The van der Waals surface area contributed by atoms with Crippen molar-refractivity contribution in [3.05, 3.63) is 51.2 Å². The molecule has 0 fully saturated rings. The number of ether oxygens (including phenoxy) is 1. The summed E-state index contributed by atoms with van der Waals surface area (Å²) >= 11 is 1.53. The summed E-state index contributed by atoms with van der Waals surface area (Å²) in [7, 11) is 0. The third kappa shape index (κ3) is 2.59. The average molecular weight is 283 g/mol. The number of benzene rings is 1. The number of fused-ring (bicyclic) bond motifs is 1. The van der Waals surface area contributed by atoms with Gasteiger partial charge in [0.05, 0.1) is 11.6 Å². The molecule has 1 aliphatic carbocycles. The van der Waals surface area contributed by atoms with Gasteiger partial charge in [0, 0.05) is 4.88 Å². The summed E-state index contributed by atoms with van der Waals surface area (Å²) < 4.78 is 5.34. The molecule has 0 aliphatic heterocycles. The number of carbonyl (C=O) groups is 1. The van der Waals surface area contributed by atoms with Crippen LogP contribution < -0.4 is 4.74 Å². The van der Waals surface area contributed by atoms with E-state index in [1.54, 1.807) is 24.3 Å². The lowest BCUT2D eigenvalue weighted by molar-refractivity contribution is 0.0740. The van der Waals surface area contributed by atoms with Crippen LogP contribution in [0.1, 0.15) is 38.5 Å². The van der Waals surface area contributed by atoms with E-state index in [2.05, 4.69) is 0 Å². The fourth-order valence-electron chi connectivity index (χ4n) is 2.38. The molecule has 0 unspecified atom stereocenters. The molecule has 2 aromatic rings. The van der Waals surface area contributed by atoms with Crippen LogP contribution in [0.15, 0.2) is 30.3 Å². The van der Waals surface area contributed by atoms with Gasteiger partial charge < -0.3 is 4.74 Å². The van der Waals surface area contributed by atoms with E-state index in [1.807, 2.05) is 12.1 Å². The lowest BCUT2D eigenvalue weighted by atomic mass is 9.99. The van der Waals surface area contributed by atoms with E-state index < -0.39 is 0 Å². The van der Waals surface area contributed by atoms with Gasteiger partial charge in [-0.2, -0.15) is 5.26 Å². The second kappa shape index (κ2) is 5.48. The van der Waals surface area contributed by atoms with Crippen molar-refractivity contribution in [3.63, 3.8) is 0 Å². The van der Waals surface area contributed by atoms with Crippen molar-refractivity contribution >= 4 is 17.3 Å². The number of nitrogens with zero attached hydrogens (tertiary/aromatic N) is 1. The number of thiophene rings is 1. The standard InChI is InChI=1S/C16H13NO2S/c17-10-11-4-3-6-13(8-11)19-16(18)15-9-12-5-1-2-7-14(12)20-15/h3-4,6,8-9H,1-2,5,7H2. The highest BCUT2D eigenvalue weighted by molar-refractivity contribution is 7.14. The number of hydrogen-bond acceptors (Lipinski definition) is 4. The van der Waals surface area contributed by atoms with E-state index in [9.17, 15) is 4.79 Å². The summed E-state index contributed by atoms with van der Waals surface area (Å²) in [5, 5.41) is 8.84. The van der Waals surface area contributed by atoms with E-state index in [0.717, 1.165) is 12.8 Å². The van der Waals surface area contributed by atoms with Crippen LogP contribution in [0.4, 0.5) is 0 Å². The molecule has 20 heavy (non-hydrogen) atoms. The molecule has 0 saturated heterocycles. The maximum atomic E-state index is 12.1. The molecule has 4 heteroatoms. The lowest BCUT2D eigenvalue weighted by Crippen LogP contribution is -2.06. The third-order valence-electron chi connectivity index (χ3n) is 3.37. The Hall–Kier alpha value is -2.12. The predicted molar refractivity (Wildman–Crippen MR) is 77.1 cm³/mol. The Labute approximate surface area is 121 Å².